The third kappa shape index (κ3) is 2.83. The maximum atomic E-state index is 8.81. The number of hydrogen-bond acceptors (Lipinski definition) is 3. The van der Waals surface area contributed by atoms with Crippen molar-refractivity contribution >= 4 is 40.4 Å². The van der Waals surface area contributed by atoms with Crippen molar-refractivity contribution in [1.29, 1.82) is 0 Å². The Kier molecular flexibility index (Phi) is 4.94. The monoisotopic (exact) mass is 364 g/mol. The summed E-state index contributed by atoms with van der Waals surface area (Å²) in [6.45, 7) is 2.21. The van der Waals surface area contributed by atoms with Crippen LogP contribution < -0.4 is 5.73 Å². The minimum absolute atomic E-state index is 0.153. The van der Waals surface area contributed by atoms with Gasteiger partial charge in [-0.1, -0.05) is 29.3 Å². The summed E-state index contributed by atoms with van der Waals surface area (Å²) < 4.78 is 2.22. The molecular formula is C17H18Cl2N4O. The van der Waals surface area contributed by atoms with Gasteiger partial charge in [-0.3, -0.25) is 5.10 Å². The molecule has 0 fully saturated rings. The van der Waals surface area contributed by atoms with Crippen LogP contribution >= 0.6 is 23.2 Å². The molecule has 24 heavy (non-hydrogen) atoms. The number of nitrogens with zero attached hydrogens (tertiary/aromatic N) is 2. The van der Waals surface area contributed by atoms with Gasteiger partial charge in [-0.05, 0) is 25.8 Å². The molecule has 1 unspecified atom stereocenters. The summed E-state index contributed by atoms with van der Waals surface area (Å²) in [4.78, 5) is 8.81. The van der Waals surface area contributed by atoms with E-state index < -0.39 is 0 Å². The van der Waals surface area contributed by atoms with Crippen LogP contribution in [-0.4, -0.2) is 27.1 Å². The normalized spacial score (nSPS) is 16.4. The zero-order valence-electron chi connectivity index (χ0n) is 13.2. The van der Waals surface area contributed by atoms with Crippen LogP contribution in [0.25, 0.3) is 22.0 Å². The van der Waals surface area contributed by atoms with E-state index in [0.29, 0.717) is 10.0 Å². The number of nitrogens with two attached hydrogens (primary N) is 1. The number of fused-ring (bicyclic) bond motifs is 3. The number of aldehydes is 1. The number of halogens is 2. The fourth-order valence-corrected chi connectivity index (χ4v) is 3.67. The van der Waals surface area contributed by atoms with E-state index >= 15 is 0 Å². The molecule has 1 aromatic carbocycles. The lowest BCUT2D eigenvalue weighted by Gasteiger charge is -2.23. The van der Waals surface area contributed by atoms with Crippen LogP contribution in [0.15, 0.2) is 24.5 Å². The average Bonchev–Trinajstić information content (AvgIpc) is 3.17. The highest BCUT2D eigenvalue weighted by atomic mass is 35.5. The third-order valence-electron chi connectivity index (χ3n) is 4.18. The molecule has 3 aromatic rings. The second-order valence-electron chi connectivity index (χ2n) is 5.71. The van der Waals surface area contributed by atoms with Gasteiger partial charge in [0.25, 0.3) is 0 Å². The molecule has 0 aliphatic carbocycles. The van der Waals surface area contributed by atoms with Crippen molar-refractivity contribution in [2.75, 3.05) is 0 Å². The van der Waals surface area contributed by atoms with E-state index in [1.807, 2.05) is 24.5 Å². The molecule has 126 valence electrons. The summed E-state index contributed by atoms with van der Waals surface area (Å²) >= 11 is 12.7. The topological polar surface area (TPSA) is 76.7 Å². The average molecular weight is 365 g/mol. The van der Waals surface area contributed by atoms with Gasteiger partial charge in [0.2, 0.25) is 0 Å². The van der Waals surface area contributed by atoms with Crippen molar-refractivity contribution in [3.63, 3.8) is 0 Å². The smallest absolute Gasteiger partial charge is 0.116 e. The molecule has 1 aliphatic rings. The molecule has 0 saturated carbocycles. The van der Waals surface area contributed by atoms with Crippen molar-refractivity contribution in [2.24, 2.45) is 5.73 Å². The molecule has 3 heterocycles. The zero-order chi connectivity index (χ0) is 17.3. The molecule has 0 bridgehead atoms. The zero-order valence-corrected chi connectivity index (χ0v) is 14.7. The Morgan fingerprint density at radius 3 is 2.83 bits per heavy atom. The molecule has 1 aliphatic heterocycles. The summed E-state index contributed by atoms with van der Waals surface area (Å²) in [5, 5.41) is 9.23. The van der Waals surface area contributed by atoms with Gasteiger partial charge in [0.1, 0.15) is 6.29 Å². The molecule has 1 atom stereocenters. The first-order chi connectivity index (χ1) is 11.6. The van der Waals surface area contributed by atoms with Gasteiger partial charge in [-0.2, -0.15) is 5.10 Å². The first-order valence-electron chi connectivity index (χ1n) is 7.72. The molecule has 0 saturated heterocycles. The largest absolute Gasteiger partial charge is 0.341 e. The molecular weight excluding hydrogens is 347 g/mol. The van der Waals surface area contributed by atoms with Crippen LogP contribution in [0.5, 0.6) is 0 Å². The van der Waals surface area contributed by atoms with Gasteiger partial charge in [0.05, 0.1) is 21.8 Å². The summed E-state index contributed by atoms with van der Waals surface area (Å²) in [5.41, 5.74) is 10.6. The van der Waals surface area contributed by atoms with E-state index in [9.17, 15) is 0 Å². The van der Waals surface area contributed by atoms with Crippen molar-refractivity contribution in [2.45, 2.75) is 32.4 Å². The molecule has 2 aromatic heterocycles. The number of H-pyrrole nitrogens is 1. The Labute approximate surface area is 149 Å². The molecule has 0 spiro atoms. The van der Waals surface area contributed by atoms with Crippen LogP contribution in [0, 0.1) is 0 Å². The van der Waals surface area contributed by atoms with Crippen LogP contribution in [0.1, 0.15) is 19.0 Å². The highest BCUT2D eigenvalue weighted by molar-refractivity contribution is 6.45. The van der Waals surface area contributed by atoms with E-state index in [2.05, 4.69) is 14.8 Å². The second-order valence-corrected chi connectivity index (χ2v) is 6.50. The fourth-order valence-electron chi connectivity index (χ4n) is 3.25. The van der Waals surface area contributed by atoms with E-state index in [4.69, 9.17) is 33.7 Å². The van der Waals surface area contributed by atoms with Crippen molar-refractivity contribution in [1.82, 2.24) is 14.8 Å². The van der Waals surface area contributed by atoms with Crippen molar-refractivity contribution in [3.8, 4) is 11.1 Å². The van der Waals surface area contributed by atoms with Gasteiger partial charge in [-0.15, -0.1) is 0 Å². The molecule has 4 rings (SSSR count). The Morgan fingerprint density at radius 2 is 2.17 bits per heavy atom. The number of rotatable bonds is 1. The van der Waals surface area contributed by atoms with E-state index in [0.717, 1.165) is 42.1 Å². The summed E-state index contributed by atoms with van der Waals surface area (Å²) in [7, 11) is 0. The number of carbonyl (C=O) groups is 1. The van der Waals surface area contributed by atoms with Gasteiger partial charge >= 0.3 is 0 Å². The second kappa shape index (κ2) is 6.97. The SMILES string of the molecule is CC=O.NC1CCc2c(-c3cn[nH]c3)c3ccc(Cl)c(Cl)c3n2C1. The first kappa shape index (κ1) is 17.0. The maximum absolute atomic E-state index is 8.81. The highest BCUT2D eigenvalue weighted by Gasteiger charge is 2.26. The maximum Gasteiger partial charge on any atom is 0.116 e. The number of nitrogens with one attached hydrogen (secondary N) is 1. The van der Waals surface area contributed by atoms with Gasteiger partial charge in [0, 0.05) is 41.0 Å². The molecule has 7 heteroatoms. The van der Waals surface area contributed by atoms with Crippen LogP contribution in [0.2, 0.25) is 10.0 Å². The Hall–Kier alpha value is -1.82. The van der Waals surface area contributed by atoms with Gasteiger partial charge in [-0.25, -0.2) is 0 Å². The molecule has 5 nitrogen and oxygen atoms in total. The molecule has 0 radical (unpaired) electrons. The van der Waals surface area contributed by atoms with Crippen LogP contribution in [-0.2, 0) is 17.8 Å². The predicted octanol–water partition coefficient (Wildman–Crippen LogP) is 3.82. The number of aromatic amines is 1. The molecule has 0 amide bonds. The lowest BCUT2D eigenvalue weighted by Crippen LogP contribution is -2.31. The minimum atomic E-state index is 0.153. The predicted molar refractivity (Wildman–Crippen MR) is 97.6 cm³/mol. The van der Waals surface area contributed by atoms with Crippen molar-refractivity contribution in [3.05, 3.63) is 40.3 Å². The third-order valence-corrected chi connectivity index (χ3v) is 4.97. The van der Waals surface area contributed by atoms with Crippen molar-refractivity contribution < 1.29 is 4.79 Å². The lowest BCUT2D eigenvalue weighted by atomic mass is 9.99. The number of benzene rings is 1. The number of hydrogen-bond donors (Lipinski definition) is 2. The Morgan fingerprint density at radius 1 is 1.42 bits per heavy atom. The molecule has 3 N–H and O–H groups in total. The highest BCUT2D eigenvalue weighted by Crippen LogP contribution is 2.42. The summed E-state index contributed by atoms with van der Waals surface area (Å²) in [5.74, 6) is 0. The lowest BCUT2D eigenvalue weighted by molar-refractivity contribution is -0.106. The van der Waals surface area contributed by atoms with E-state index in [1.165, 1.54) is 18.2 Å². The Bertz CT molecular complexity index is 871. The first-order valence-corrected chi connectivity index (χ1v) is 8.47. The van der Waals surface area contributed by atoms with Gasteiger partial charge in [0.15, 0.2) is 0 Å². The van der Waals surface area contributed by atoms with Crippen LogP contribution in [0.3, 0.4) is 0 Å². The Balaban J connectivity index is 0.000000526. The fraction of sp³-hybridized carbons (Fsp3) is 0.294. The quantitative estimate of drug-likeness (QED) is 0.644. The van der Waals surface area contributed by atoms with Crippen LogP contribution in [0.4, 0.5) is 0 Å². The summed E-state index contributed by atoms with van der Waals surface area (Å²) in [6.07, 6.45) is 6.41. The standard InChI is InChI=1S/C15H14Cl2N4.C2H4O/c16-11-3-2-10-13(8-5-19-20-6-8)12-4-1-9(18)7-21(12)15(10)14(11)17;1-2-3/h2-3,5-6,9H,1,4,7,18H2,(H,19,20);2H,1H3. The van der Waals surface area contributed by atoms with E-state index in [-0.39, 0.29) is 6.04 Å². The van der Waals surface area contributed by atoms with Gasteiger partial charge < -0.3 is 15.1 Å². The number of aromatic nitrogens is 3. The minimum Gasteiger partial charge on any atom is -0.341 e. The van der Waals surface area contributed by atoms with E-state index in [1.54, 1.807) is 0 Å². The summed E-state index contributed by atoms with van der Waals surface area (Å²) in [6, 6.07) is 4.03. The number of carbonyl (C=O) groups excluding carboxylic acids is 1.